The molecule has 0 saturated carbocycles. The van der Waals surface area contributed by atoms with E-state index >= 15 is 0 Å². The quantitative estimate of drug-likeness (QED) is 0.553. The largest absolute Gasteiger partial charge is 0.386 e. The van der Waals surface area contributed by atoms with Crippen molar-refractivity contribution >= 4 is 0 Å². The first-order chi connectivity index (χ1) is 6.18. The standard InChI is InChI=1S/C9H11NO3/c11-9(7-10(12)13)6-8-4-2-1-3-5-8/h1-5,9,11H,6-7H2/t9-/m0/s1. The first kappa shape index (κ1) is 9.67. The molecule has 0 amide bonds. The van der Waals surface area contributed by atoms with E-state index in [4.69, 9.17) is 0 Å². The maximum Gasteiger partial charge on any atom is 0.229 e. The van der Waals surface area contributed by atoms with Crippen molar-refractivity contribution in [1.29, 1.82) is 0 Å². The number of nitro groups is 1. The van der Waals surface area contributed by atoms with E-state index in [9.17, 15) is 15.2 Å². The highest BCUT2D eigenvalue weighted by Gasteiger charge is 2.11. The van der Waals surface area contributed by atoms with Crippen LogP contribution in [0.5, 0.6) is 0 Å². The van der Waals surface area contributed by atoms with Crippen molar-refractivity contribution in [2.24, 2.45) is 0 Å². The summed E-state index contributed by atoms with van der Waals surface area (Å²) in [5.74, 6) is 0. The van der Waals surface area contributed by atoms with E-state index in [1.54, 1.807) is 0 Å². The van der Waals surface area contributed by atoms with Crippen LogP contribution in [0.25, 0.3) is 0 Å². The highest BCUT2D eigenvalue weighted by atomic mass is 16.6. The van der Waals surface area contributed by atoms with Crippen LogP contribution in [0.2, 0.25) is 0 Å². The molecule has 1 aromatic rings. The first-order valence-electron chi connectivity index (χ1n) is 4.02. The molecule has 0 bridgehead atoms. The molecule has 1 rings (SSSR count). The van der Waals surface area contributed by atoms with Crippen LogP contribution in [0.3, 0.4) is 0 Å². The SMILES string of the molecule is O=[N+]([O-])C[C@@H](O)Cc1ccccc1. The van der Waals surface area contributed by atoms with E-state index in [0.29, 0.717) is 6.42 Å². The summed E-state index contributed by atoms with van der Waals surface area (Å²) in [4.78, 5) is 9.54. The highest BCUT2D eigenvalue weighted by Crippen LogP contribution is 2.02. The van der Waals surface area contributed by atoms with Gasteiger partial charge >= 0.3 is 0 Å². The highest BCUT2D eigenvalue weighted by molar-refractivity contribution is 5.15. The maximum absolute atomic E-state index is 10.0. The van der Waals surface area contributed by atoms with Crippen LogP contribution < -0.4 is 0 Å². The van der Waals surface area contributed by atoms with E-state index < -0.39 is 17.6 Å². The molecule has 0 aliphatic rings. The molecule has 0 heterocycles. The Bertz CT molecular complexity index is 273. The molecule has 0 unspecified atom stereocenters. The lowest BCUT2D eigenvalue weighted by molar-refractivity contribution is -0.490. The van der Waals surface area contributed by atoms with Gasteiger partial charge in [-0.2, -0.15) is 0 Å². The Labute approximate surface area is 76.0 Å². The molecule has 0 radical (unpaired) electrons. The minimum Gasteiger partial charge on any atom is -0.386 e. The predicted molar refractivity (Wildman–Crippen MR) is 48.0 cm³/mol. The maximum atomic E-state index is 10.0. The zero-order valence-corrected chi connectivity index (χ0v) is 7.09. The van der Waals surface area contributed by atoms with E-state index in [-0.39, 0.29) is 0 Å². The summed E-state index contributed by atoms with van der Waals surface area (Å²) in [5, 5.41) is 19.3. The third kappa shape index (κ3) is 3.66. The number of hydrogen-bond acceptors (Lipinski definition) is 3. The van der Waals surface area contributed by atoms with Crippen LogP contribution in [0.1, 0.15) is 5.56 Å². The molecule has 1 atom stereocenters. The van der Waals surface area contributed by atoms with Crippen molar-refractivity contribution in [3.63, 3.8) is 0 Å². The number of nitrogens with zero attached hydrogens (tertiary/aromatic N) is 1. The minimum atomic E-state index is -0.891. The van der Waals surface area contributed by atoms with Crippen LogP contribution >= 0.6 is 0 Å². The molecule has 0 aliphatic carbocycles. The zero-order chi connectivity index (χ0) is 9.68. The smallest absolute Gasteiger partial charge is 0.229 e. The molecule has 13 heavy (non-hydrogen) atoms. The van der Waals surface area contributed by atoms with Crippen LogP contribution in [-0.4, -0.2) is 22.7 Å². The minimum absolute atomic E-state index is 0.335. The Morgan fingerprint density at radius 3 is 2.54 bits per heavy atom. The topological polar surface area (TPSA) is 63.4 Å². The summed E-state index contributed by atoms with van der Waals surface area (Å²) < 4.78 is 0. The van der Waals surface area contributed by atoms with Gasteiger partial charge in [0.05, 0.1) is 0 Å². The van der Waals surface area contributed by atoms with Gasteiger partial charge in [-0.25, -0.2) is 0 Å². The second-order valence-electron chi connectivity index (χ2n) is 2.86. The monoisotopic (exact) mass is 181 g/mol. The van der Waals surface area contributed by atoms with Gasteiger partial charge in [-0.1, -0.05) is 30.3 Å². The average molecular weight is 181 g/mol. The first-order valence-corrected chi connectivity index (χ1v) is 4.02. The number of rotatable bonds is 4. The summed E-state index contributed by atoms with van der Waals surface area (Å²) in [6.07, 6.45) is -0.556. The molecule has 0 saturated heterocycles. The van der Waals surface area contributed by atoms with Gasteiger partial charge in [0.15, 0.2) is 0 Å². The van der Waals surface area contributed by atoms with Gasteiger partial charge < -0.3 is 5.11 Å². The van der Waals surface area contributed by atoms with Crippen molar-refractivity contribution in [3.8, 4) is 0 Å². The fourth-order valence-corrected chi connectivity index (χ4v) is 1.12. The number of aliphatic hydroxyl groups excluding tert-OH is 1. The van der Waals surface area contributed by atoms with Gasteiger partial charge in [-0.3, -0.25) is 10.1 Å². The van der Waals surface area contributed by atoms with Crippen molar-refractivity contribution in [2.75, 3.05) is 6.54 Å². The lowest BCUT2D eigenvalue weighted by Gasteiger charge is -2.04. The van der Waals surface area contributed by atoms with E-state index in [1.807, 2.05) is 30.3 Å². The molecule has 1 aromatic carbocycles. The third-order valence-corrected chi connectivity index (χ3v) is 1.67. The summed E-state index contributed by atoms with van der Waals surface area (Å²) >= 11 is 0. The van der Waals surface area contributed by atoms with Crippen molar-refractivity contribution in [2.45, 2.75) is 12.5 Å². The van der Waals surface area contributed by atoms with Gasteiger partial charge in [0.1, 0.15) is 6.10 Å². The Kier molecular flexibility index (Phi) is 3.40. The summed E-state index contributed by atoms with van der Waals surface area (Å²) in [5.41, 5.74) is 0.914. The predicted octanol–water partition coefficient (Wildman–Crippen LogP) is 0.867. The van der Waals surface area contributed by atoms with Crippen molar-refractivity contribution in [3.05, 3.63) is 46.0 Å². The van der Waals surface area contributed by atoms with E-state index in [2.05, 4.69) is 0 Å². The molecule has 0 aliphatic heterocycles. The molecule has 0 spiro atoms. The second-order valence-corrected chi connectivity index (χ2v) is 2.86. The Morgan fingerprint density at radius 2 is 2.00 bits per heavy atom. The van der Waals surface area contributed by atoms with Gasteiger partial charge in [-0.15, -0.1) is 0 Å². The van der Waals surface area contributed by atoms with Gasteiger partial charge in [-0.05, 0) is 5.56 Å². The second kappa shape index (κ2) is 4.57. The van der Waals surface area contributed by atoms with E-state index in [0.717, 1.165) is 5.56 Å². The Hall–Kier alpha value is -1.42. The number of aliphatic hydroxyl groups is 1. The summed E-state index contributed by atoms with van der Waals surface area (Å²) in [7, 11) is 0. The average Bonchev–Trinajstić information content (AvgIpc) is 2.04. The number of benzene rings is 1. The van der Waals surface area contributed by atoms with Crippen molar-refractivity contribution < 1.29 is 10.0 Å². The van der Waals surface area contributed by atoms with Crippen LogP contribution in [0.15, 0.2) is 30.3 Å². The fraction of sp³-hybridized carbons (Fsp3) is 0.333. The fourth-order valence-electron chi connectivity index (χ4n) is 1.12. The normalized spacial score (nSPS) is 12.4. The van der Waals surface area contributed by atoms with Gasteiger partial charge in [0.25, 0.3) is 0 Å². The summed E-state index contributed by atoms with van der Waals surface area (Å²) in [6.45, 7) is -0.394. The molecule has 0 aromatic heterocycles. The van der Waals surface area contributed by atoms with Crippen LogP contribution in [-0.2, 0) is 6.42 Å². The Morgan fingerprint density at radius 1 is 1.38 bits per heavy atom. The molecule has 1 N–H and O–H groups in total. The van der Waals surface area contributed by atoms with Crippen LogP contribution in [0, 0.1) is 10.1 Å². The molecule has 4 nitrogen and oxygen atoms in total. The van der Waals surface area contributed by atoms with Gasteiger partial charge in [0.2, 0.25) is 6.54 Å². The molecule has 4 heteroatoms. The Balaban J connectivity index is 2.45. The molecular weight excluding hydrogens is 170 g/mol. The zero-order valence-electron chi connectivity index (χ0n) is 7.09. The molecule has 70 valence electrons. The number of hydrogen-bond donors (Lipinski definition) is 1. The van der Waals surface area contributed by atoms with Gasteiger partial charge in [0, 0.05) is 11.3 Å². The third-order valence-electron chi connectivity index (χ3n) is 1.67. The molecule has 0 fully saturated rings. The van der Waals surface area contributed by atoms with E-state index in [1.165, 1.54) is 0 Å². The van der Waals surface area contributed by atoms with Crippen molar-refractivity contribution in [1.82, 2.24) is 0 Å². The lowest BCUT2D eigenvalue weighted by Crippen LogP contribution is -2.21. The molecular formula is C9H11NO3. The van der Waals surface area contributed by atoms with Crippen LogP contribution in [0.4, 0.5) is 0 Å². The lowest BCUT2D eigenvalue weighted by atomic mass is 10.1. The summed E-state index contributed by atoms with van der Waals surface area (Å²) in [6, 6.07) is 9.22.